The predicted octanol–water partition coefficient (Wildman–Crippen LogP) is 3.06. The summed E-state index contributed by atoms with van der Waals surface area (Å²) < 4.78 is 0. The highest BCUT2D eigenvalue weighted by Gasteiger charge is 2.44. The topological polar surface area (TPSA) is 38.0 Å². The third-order valence-electron chi connectivity index (χ3n) is 3.63. The SMILES string of the molecule is CC(C)(C)CC(NN)C1CC1c1ccccc1. The largest absolute Gasteiger partial charge is 0.271 e. The molecule has 1 aliphatic rings. The first-order valence-electron chi connectivity index (χ1n) is 6.52. The number of rotatable bonds is 4. The quantitative estimate of drug-likeness (QED) is 0.618. The van der Waals surface area contributed by atoms with Crippen LogP contribution in [0, 0.1) is 11.3 Å². The molecule has 0 aromatic heterocycles. The van der Waals surface area contributed by atoms with Crippen LogP contribution in [0.15, 0.2) is 30.3 Å². The molecule has 17 heavy (non-hydrogen) atoms. The number of hydrogen-bond donors (Lipinski definition) is 2. The third-order valence-corrected chi connectivity index (χ3v) is 3.63. The number of hydrogen-bond acceptors (Lipinski definition) is 2. The van der Waals surface area contributed by atoms with Crippen LogP contribution in [0.5, 0.6) is 0 Å². The van der Waals surface area contributed by atoms with Gasteiger partial charge in [-0.1, -0.05) is 51.1 Å². The van der Waals surface area contributed by atoms with E-state index in [-0.39, 0.29) is 0 Å². The molecule has 0 aliphatic heterocycles. The van der Waals surface area contributed by atoms with Crippen molar-refractivity contribution in [1.29, 1.82) is 0 Å². The van der Waals surface area contributed by atoms with E-state index in [9.17, 15) is 0 Å². The van der Waals surface area contributed by atoms with Gasteiger partial charge >= 0.3 is 0 Å². The van der Waals surface area contributed by atoms with Crippen LogP contribution in [0.3, 0.4) is 0 Å². The molecule has 2 rings (SSSR count). The molecule has 1 aromatic rings. The first kappa shape index (κ1) is 12.6. The lowest BCUT2D eigenvalue weighted by Crippen LogP contribution is -2.39. The molecule has 0 bridgehead atoms. The molecule has 2 heteroatoms. The van der Waals surface area contributed by atoms with Crippen LogP contribution in [0.4, 0.5) is 0 Å². The van der Waals surface area contributed by atoms with Crippen LogP contribution in [0.1, 0.15) is 45.1 Å². The molecule has 2 nitrogen and oxygen atoms in total. The summed E-state index contributed by atoms with van der Waals surface area (Å²) in [6, 6.07) is 11.2. The van der Waals surface area contributed by atoms with Crippen molar-refractivity contribution in [2.24, 2.45) is 17.2 Å². The van der Waals surface area contributed by atoms with Gasteiger partial charge in [-0.05, 0) is 35.7 Å². The summed E-state index contributed by atoms with van der Waals surface area (Å²) >= 11 is 0. The molecule has 1 aromatic carbocycles. The Morgan fingerprint density at radius 3 is 2.47 bits per heavy atom. The molecule has 0 radical (unpaired) electrons. The van der Waals surface area contributed by atoms with Gasteiger partial charge in [-0.25, -0.2) is 0 Å². The van der Waals surface area contributed by atoms with E-state index in [4.69, 9.17) is 5.84 Å². The molecule has 1 fully saturated rings. The fourth-order valence-electron chi connectivity index (χ4n) is 2.74. The Labute approximate surface area is 105 Å². The molecular formula is C15H24N2. The van der Waals surface area contributed by atoms with E-state index in [0.29, 0.717) is 23.3 Å². The van der Waals surface area contributed by atoms with Crippen molar-refractivity contribution in [3.8, 4) is 0 Å². The summed E-state index contributed by atoms with van der Waals surface area (Å²) in [7, 11) is 0. The lowest BCUT2D eigenvalue weighted by Gasteiger charge is -2.25. The van der Waals surface area contributed by atoms with Crippen LogP contribution in [-0.2, 0) is 0 Å². The van der Waals surface area contributed by atoms with Crippen LogP contribution >= 0.6 is 0 Å². The summed E-state index contributed by atoms with van der Waals surface area (Å²) in [6.07, 6.45) is 2.41. The standard InChI is InChI=1S/C15H24N2/c1-15(2,3)10-14(17-16)13-9-12(13)11-7-5-4-6-8-11/h4-8,12-14,17H,9-10,16H2,1-3H3. The molecule has 1 saturated carbocycles. The maximum Gasteiger partial charge on any atom is 0.0249 e. The zero-order valence-corrected chi connectivity index (χ0v) is 11.1. The molecule has 94 valence electrons. The number of nitrogens with one attached hydrogen (secondary N) is 1. The molecule has 0 heterocycles. The first-order chi connectivity index (χ1) is 8.01. The number of nitrogens with two attached hydrogens (primary N) is 1. The third kappa shape index (κ3) is 3.30. The average Bonchev–Trinajstić information content (AvgIpc) is 3.06. The van der Waals surface area contributed by atoms with Gasteiger partial charge in [-0.3, -0.25) is 11.3 Å². The lowest BCUT2D eigenvalue weighted by atomic mass is 9.86. The Kier molecular flexibility index (Phi) is 3.55. The van der Waals surface area contributed by atoms with Crippen LogP contribution < -0.4 is 11.3 Å². The van der Waals surface area contributed by atoms with E-state index < -0.39 is 0 Å². The van der Waals surface area contributed by atoms with Crippen molar-refractivity contribution < 1.29 is 0 Å². The Hall–Kier alpha value is -0.860. The fraction of sp³-hybridized carbons (Fsp3) is 0.600. The van der Waals surface area contributed by atoms with Gasteiger partial charge in [0.2, 0.25) is 0 Å². The monoisotopic (exact) mass is 232 g/mol. The summed E-state index contributed by atoms with van der Waals surface area (Å²) in [5.74, 6) is 7.13. The normalized spacial score (nSPS) is 25.6. The second kappa shape index (κ2) is 4.79. The highest BCUT2D eigenvalue weighted by molar-refractivity contribution is 5.26. The summed E-state index contributed by atoms with van der Waals surface area (Å²) in [6.45, 7) is 6.83. The van der Waals surface area contributed by atoms with Gasteiger partial charge in [0.15, 0.2) is 0 Å². The van der Waals surface area contributed by atoms with Gasteiger partial charge in [0.25, 0.3) is 0 Å². The zero-order chi connectivity index (χ0) is 12.5. The minimum absolute atomic E-state index is 0.334. The van der Waals surface area contributed by atoms with Gasteiger partial charge in [-0.2, -0.15) is 0 Å². The minimum Gasteiger partial charge on any atom is -0.271 e. The Bertz CT molecular complexity index is 353. The smallest absolute Gasteiger partial charge is 0.0249 e. The summed E-state index contributed by atoms with van der Waals surface area (Å²) in [5.41, 5.74) is 4.82. The first-order valence-corrected chi connectivity index (χ1v) is 6.52. The molecule has 3 unspecified atom stereocenters. The van der Waals surface area contributed by atoms with Crippen LogP contribution in [0.2, 0.25) is 0 Å². The van der Waals surface area contributed by atoms with Gasteiger partial charge < -0.3 is 0 Å². The maximum absolute atomic E-state index is 5.71. The fourth-order valence-corrected chi connectivity index (χ4v) is 2.74. The molecule has 3 N–H and O–H groups in total. The zero-order valence-electron chi connectivity index (χ0n) is 11.1. The summed E-state index contributed by atoms with van der Waals surface area (Å²) in [5, 5.41) is 0. The number of hydrazine groups is 1. The Balaban J connectivity index is 1.97. The molecule has 1 aliphatic carbocycles. The van der Waals surface area contributed by atoms with Crippen molar-refractivity contribution in [3.05, 3.63) is 35.9 Å². The van der Waals surface area contributed by atoms with Gasteiger partial charge in [-0.15, -0.1) is 0 Å². The van der Waals surface area contributed by atoms with Crippen molar-refractivity contribution in [1.82, 2.24) is 5.43 Å². The second-order valence-electron chi connectivity index (χ2n) is 6.45. The van der Waals surface area contributed by atoms with E-state index in [1.54, 1.807) is 0 Å². The van der Waals surface area contributed by atoms with Crippen LogP contribution in [0.25, 0.3) is 0 Å². The van der Waals surface area contributed by atoms with E-state index in [0.717, 1.165) is 6.42 Å². The molecule has 0 saturated heterocycles. The predicted molar refractivity (Wildman–Crippen MR) is 72.5 cm³/mol. The molecule has 0 spiro atoms. The lowest BCUT2D eigenvalue weighted by molar-refractivity contribution is 0.288. The van der Waals surface area contributed by atoms with Crippen LogP contribution in [-0.4, -0.2) is 6.04 Å². The Morgan fingerprint density at radius 1 is 1.29 bits per heavy atom. The number of benzene rings is 1. The molecule has 0 amide bonds. The van der Waals surface area contributed by atoms with Gasteiger partial charge in [0, 0.05) is 6.04 Å². The van der Waals surface area contributed by atoms with E-state index >= 15 is 0 Å². The maximum atomic E-state index is 5.71. The Morgan fingerprint density at radius 2 is 1.94 bits per heavy atom. The molecular weight excluding hydrogens is 208 g/mol. The van der Waals surface area contributed by atoms with Crippen molar-refractivity contribution >= 4 is 0 Å². The van der Waals surface area contributed by atoms with E-state index in [2.05, 4.69) is 56.5 Å². The highest BCUT2D eigenvalue weighted by atomic mass is 15.2. The summed E-state index contributed by atoms with van der Waals surface area (Å²) in [4.78, 5) is 0. The highest BCUT2D eigenvalue weighted by Crippen LogP contribution is 2.51. The van der Waals surface area contributed by atoms with Gasteiger partial charge in [0.05, 0.1) is 0 Å². The van der Waals surface area contributed by atoms with E-state index in [1.165, 1.54) is 12.0 Å². The molecule has 3 atom stereocenters. The second-order valence-corrected chi connectivity index (χ2v) is 6.45. The van der Waals surface area contributed by atoms with Crippen molar-refractivity contribution in [3.63, 3.8) is 0 Å². The average molecular weight is 232 g/mol. The van der Waals surface area contributed by atoms with E-state index in [1.807, 2.05) is 0 Å². The van der Waals surface area contributed by atoms with Gasteiger partial charge in [0.1, 0.15) is 0 Å². The van der Waals surface area contributed by atoms with Crippen molar-refractivity contribution in [2.75, 3.05) is 0 Å². The minimum atomic E-state index is 0.334. The van der Waals surface area contributed by atoms with Crippen molar-refractivity contribution in [2.45, 2.75) is 45.6 Å².